The molecule has 15 heavy (non-hydrogen) atoms. The Labute approximate surface area is 90.8 Å². The van der Waals surface area contributed by atoms with Crippen LogP contribution in [0, 0.1) is 0 Å². The Kier molecular flexibility index (Phi) is 5.04. The molecule has 0 saturated carbocycles. The van der Waals surface area contributed by atoms with Gasteiger partial charge in [0.05, 0.1) is 6.10 Å². The Balaban J connectivity index is 2.30. The SMILES string of the molecule is CCc1cc(NCCCC(C)O)ncn1. The summed E-state index contributed by atoms with van der Waals surface area (Å²) in [5.41, 5.74) is 1.04. The van der Waals surface area contributed by atoms with Crippen molar-refractivity contribution in [3.63, 3.8) is 0 Å². The summed E-state index contributed by atoms with van der Waals surface area (Å²) in [6.45, 7) is 4.71. The summed E-state index contributed by atoms with van der Waals surface area (Å²) in [6, 6.07) is 1.96. The van der Waals surface area contributed by atoms with E-state index < -0.39 is 0 Å². The van der Waals surface area contributed by atoms with Crippen LogP contribution in [0.5, 0.6) is 0 Å². The Hall–Kier alpha value is -1.16. The third-order valence-electron chi connectivity index (χ3n) is 2.19. The van der Waals surface area contributed by atoms with Gasteiger partial charge in [0.25, 0.3) is 0 Å². The molecule has 1 aromatic heterocycles. The van der Waals surface area contributed by atoms with Gasteiger partial charge in [-0.15, -0.1) is 0 Å². The van der Waals surface area contributed by atoms with E-state index in [1.54, 1.807) is 13.3 Å². The second kappa shape index (κ2) is 6.35. The molecule has 84 valence electrons. The third kappa shape index (κ3) is 4.74. The average Bonchev–Trinajstić information content (AvgIpc) is 2.24. The van der Waals surface area contributed by atoms with Gasteiger partial charge in [-0.3, -0.25) is 0 Å². The molecule has 1 rings (SSSR count). The number of aliphatic hydroxyl groups excluding tert-OH is 1. The van der Waals surface area contributed by atoms with Crippen LogP contribution in [0.1, 0.15) is 32.4 Å². The monoisotopic (exact) mass is 209 g/mol. The normalized spacial score (nSPS) is 12.5. The predicted octanol–water partition coefficient (Wildman–Crippen LogP) is 1.61. The number of hydrogen-bond acceptors (Lipinski definition) is 4. The lowest BCUT2D eigenvalue weighted by molar-refractivity contribution is 0.183. The Morgan fingerprint density at radius 3 is 2.93 bits per heavy atom. The van der Waals surface area contributed by atoms with E-state index in [0.29, 0.717) is 0 Å². The summed E-state index contributed by atoms with van der Waals surface area (Å²) >= 11 is 0. The maximum absolute atomic E-state index is 9.08. The minimum atomic E-state index is -0.219. The van der Waals surface area contributed by atoms with Crippen LogP contribution in [-0.4, -0.2) is 27.7 Å². The molecular weight excluding hydrogens is 190 g/mol. The van der Waals surface area contributed by atoms with Crippen molar-refractivity contribution in [1.82, 2.24) is 9.97 Å². The van der Waals surface area contributed by atoms with Crippen molar-refractivity contribution in [1.29, 1.82) is 0 Å². The van der Waals surface area contributed by atoms with Gasteiger partial charge in [0, 0.05) is 18.3 Å². The summed E-state index contributed by atoms with van der Waals surface area (Å²) in [5.74, 6) is 0.868. The van der Waals surface area contributed by atoms with E-state index in [-0.39, 0.29) is 6.10 Å². The van der Waals surface area contributed by atoms with E-state index in [1.165, 1.54) is 0 Å². The van der Waals surface area contributed by atoms with Crippen LogP contribution >= 0.6 is 0 Å². The number of hydrogen-bond donors (Lipinski definition) is 2. The van der Waals surface area contributed by atoms with Crippen LogP contribution in [0.4, 0.5) is 5.82 Å². The first kappa shape index (κ1) is 11.9. The average molecular weight is 209 g/mol. The number of rotatable bonds is 6. The highest BCUT2D eigenvalue weighted by Gasteiger charge is 1.98. The van der Waals surface area contributed by atoms with Crippen LogP contribution in [0.3, 0.4) is 0 Å². The highest BCUT2D eigenvalue weighted by molar-refractivity contribution is 5.34. The lowest BCUT2D eigenvalue weighted by Crippen LogP contribution is -2.08. The maximum atomic E-state index is 9.08. The topological polar surface area (TPSA) is 58.0 Å². The smallest absolute Gasteiger partial charge is 0.129 e. The third-order valence-corrected chi connectivity index (χ3v) is 2.19. The number of nitrogens with zero attached hydrogens (tertiary/aromatic N) is 2. The van der Waals surface area contributed by atoms with Gasteiger partial charge in [-0.2, -0.15) is 0 Å². The number of aliphatic hydroxyl groups is 1. The zero-order valence-corrected chi connectivity index (χ0v) is 9.40. The molecule has 0 fully saturated rings. The van der Waals surface area contributed by atoms with Gasteiger partial charge in [0.2, 0.25) is 0 Å². The summed E-state index contributed by atoms with van der Waals surface area (Å²) in [5, 5.41) is 12.3. The van der Waals surface area contributed by atoms with Gasteiger partial charge in [0.15, 0.2) is 0 Å². The Morgan fingerprint density at radius 2 is 2.27 bits per heavy atom. The quantitative estimate of drug-likeness (QED) is 0.699. The van der Waals surface area contributed by atoms with E-state index in [1.807, 2.05) is 6.07 Å². The van der Waals surface area contributed by atoms with Crippen LogP contribution < -0.4 is 5.32 Å². The van der Waals surface area contributed by atoms with Crippen molar-refractivity contribution in [3.05, 3.63) is 18.1 Å². The zero-order chi connectivity index (χ0) is 11.1. The fraction of sp³-hybridized carbons (Fsp3) is 0.636. The molecule has 0 aliphatic rings. The molecule has 4 nitrogen and oxygen atoms in total. The largest absolute Gasteiger partial charge is 0.393 e. The summed E-state index contributed by atoms with van der Waals surface area (Å²) < 4.78 is 0. The molecular formula is C11H19N3O. The van der Waals surface area contributed by atoms with Gasteiger partial charge in [-0.05, 0) is 26.2 Å². The zero-order valence-electron chi connectivity index (χ0n) is 9.40. The molecule has 0 aliphatic heterocycles. The van der Waals surface area contributed by atoms with Gasteiger partial charge in [0.1, 0.15) is 12.1 Å². The van der Waals surface area contributed by atoms with Crippen molar-refractivity contribution in [2.75, 3.05) is 11.9 Å². The van der Waals surface area contributed by atoms with Crippen LogP contribution in [0.15, 0.2) is 12.4 Å². The molecule has 2 N–H and O–H groups in total. The molecule has 1 aromatic rings. The first-order chi connectivity index (χ1) is 7.22. The molecule has 0 radical (unpaired) electrons. The molecule has 0 bridgehead atoms. The number of anilines is 1. The van der Waals surface area contributed by atoms with Crippen molar-refractivity contribution < 1.29 is 5.11 Å². The summed E-state index contributed by atoms with van der Waals surface area (Å²) in [6.07, 6.45) is 4.05. The van der Waals surface area contributed by atoms with Crippen molar-refractivity contribution >= 4 is 5.82 Å². The minimum Gasteiger partial charge on any atom is -0.393 e. The highest BCUT2D eigenvalue weighted by Crippen LogP contribution is 2.05. The van der Waals surface area contributed by atoms with Gasteiger partial charge < -0.3 is 10.4 Å². The number of aromatic nitrogens is 2. The predicted molar refractivity (Wildman–Crippen MR) is 60.8 cm³/mol. The fourth-order valence-corrected chi connectivity index (χ4v) is 1.30. The van der Waals surface area contributed by atoms with E-state index >= 15 is 0 Å². The van der Waals surface area contributed by atoms with Crippen LogP contribution in [0.25, 0.3) is 0 Å². The first-order valence-corrected chi connectivity index (χ1v) is 5.45. The lowest BCUT2D eigenvalue weighted by Gasteiger charge is -2.07. The molecule has 0 spiro atoms. The van der Waals surface area contributed by atoms with E-state index in [0.717, 1.165) is 37.3 Å². The van der Waals surface area contributed by atoms with E-state index in [2.05, 4.69) is 22.2 Å². The minimum absolute atomic E-state index is 0.219. The molecule has 0 aromatic carbocycles. The number of nitrogens with one attached hydrogen (secondary N) is 1. The molecule has 0 saturated heterocycles. The van der Waals surface area contributed by atoms with Gasteiger partial charge >= 0.3 is 0 Å². The van der Waals surface area contributed by atoms with Gasteiger partial charge in [-0.1, -0.05) is 6.92 Å². The second-order valence-electron chi connectivity index (χ2n) is 3.67. The number of aryl methyl sites for hydroxylation is 1. The molecule has 4 heteroatoms. The van der Waals surface area contributed by atoms with Gasteiger partial charge in [-0.25, -0.2) is 9.97 Å². The fourth-order valence-electron chi connectivity index (χ4n) is 1.30. The van der Waals surface area contributed by atoms with Crippen molar-refractivity contribution in [2.45, 2.75) is 39.2 Å². The Bertz CT molecular complexity index is 289. The van der Waals surface area contributed by atoms with Crippen LogP contribution in [-0.2, 0) is 6.42 Å². The van der Waals surface area contributed by atoms with Crippen molar-refractivity contribution in [3.8, 4) is 0 Å². The second-order valence-corrected chi connectivity index (χ2v) is 3.67. The molecule has 1 unspecified atom stereocenters. The molecule has 0 amide bonds. The Morgan fingerprint density at radius 1 is 1.47 bits per heavy atom. The van der Waals surface area contributed by atoms with E-state index in [4.69, 9.17) is 5.11 Å². The van der Waals surface area contributed by atoms with E-state index in [9.17, 15) is 0 Å². The van der Waals surface area contributed by atoms with Crippen molar-refractivity contribution in [2.24, 2.45) is 0 Å². The first-order valence-electron chi connectivity index (χ1n) is 5.45. The maximum Gasteiger partial charge on any atom is 0.129 e. The summed E-state index contributed by atoms with van der Waals surface area (Å²) in [7, 11) is 0. The highest BCUT2D eigenvalue weighted by atomic mass is 16.3. The molecule has 0 aliphatic carbocycles. The summed E-state index contributed by atoms with van der Waals surface area (Å²) in [4.78, 5) is 8.24. The molecule has 1 heterocycles. The molecule has 1 atom stereocenters. The standard InChI is InChI=1S/C11H19N3O/c1-3-10-7-11(14-8-13-10)12-6-4-5-9(2)15/h7-9,15H,3-6H2,1-2H3,(H,12,13,14). The van der Waals surface area contributed by atoms with Crippen LogP contribution in [0.2, 0.25) is 0 Å². The lowest BCUT2D eigenvalue weighted by atomic mass is 10.2.